The van der Waals surface area contributed by atoms with E-state index in [4.69, 9.17) is 0 Å². The molecule has 1 aromatic heterocycles. The van der Waals surface area contributed by atoms with Gasteiger partial charge in [0.2, 0.25) is 23.6 Å². The average Bonchev–Trinajstić information content (AvgIpc) is 3.30. The number of carbonyl (C=O) groups is 4. The molecule has 1 aromatic carbocycles. The molecule has 4 atom stereocenters. The Morgan fingerprint density at radius 2 is 1.82 bits per heavy atom. The smallest absolute Gasteiger partial charge is 0.243 e. The molecule has 214 valence electrons. The fourth-order valence-electron chi connectivity index (χ4n) is 5.52. The lowest BCUT2D eigenvalue weighted by Gasteiger charge is -2.29. The lowest BCUT2D eigenvalue weighted by atomic mass is 10.00. The van der Waals surface area contributed by atoms with Crippen LogP contribution >= 0.6 is 0 Å². The minimum Gasteiger partial charge on any atom is -0.349 e. The maximum atomic E-state index is 13.7. The minimum absolute atomic E-state index is 0.0574. The number of aromatic nitrogens is 3. The highest BCUT2D eigenvalue weighted by atomic mass is 16.2. The van der Waals surface area contributed by atoms with Crippen molar-refractivity contribution in [2.24, 2.45) is 11.3 Å². The van der Waals surface area contributed by atoms with Crippen LogP contribution in [-0.2, 0) is 32.1 Å². The van der Waals surface area contributed by atoms with Crippen molar-refractivity contribution in [3.63, 3.8) is 0 Å². The van der Waals surface area contributed by atoms with Gasteiger partial charge in [0, 0.05) is 25.8 Å². The number of fused-ring (bicyclic) bond motifs is 5. The van der Waals surface area contributed by atoms with Gasteiger partial charge < -0.3 is 20.9 Å². The Morgan fingerprint density at radius 3 is 2.52 bits per heavy atom. The molecule has 1 aliphatic carbocycles. The summed E-state index contributed by atoms with van der Waals surface area (Å²) < 4.78 is 1.68. The molecule has 40 heavy (non-hydrogen) atoms. The summed E-state index contributed by atoms with van der Waals surface area (Å²) >= 11 is 0. The summed E-state index contributed by atoms with van der Waals surface area (Å²) in [5.41, 5.74) is 1.67. The van der Waals surface area contributed by atoms with Crippen molar-refractivity contribution < 1.29 is 19.2 Å². The van der Waals surface area contributed by atoms with Crippen LogP contribution in [0, 0.1) is 11.3 Å². The first kappa shape index (κ1) is 27.8. The molecule has 3 aliphatic rings. The van der Waals surface area contributed by atoms with Gasteiger partial charge in [-0.2, -0.15) is 0 Å². The summed E-state index contributed by atoms with van der Waals surface area (Å²) in [4.78, 5) is 55.4. The van der Waals surface area contributed by atoms with Crippen molar-refractivity contribution in [1.82, 2.24) is 35.8 Å². The maximum Gasteiger partial charge on any atom is 0.243 e. The van der Waals surface area contributed by atoms with Crippen LogP contribution < -0.4 is 16.0 Å². The Hall–Kier alpha value is -3.76. The molecule has 1 saturated carbocycles. The van der Waals surface area contributed by atoms with Crippen molar-refractivity contribution in [1.29, 1.82) is 0 Å². The predicted octanol–water partition coefficient (Wildman–Crippen LogP) is 1.50. The van der Waals surface area contributed by atoms with Crippen LogP contribution in [0.15, 0.2) is 36.5 Å². The number of hydrogen-bond acceptors (Lipinski definition) is 6. The standard InChI is InChI=1S/C29H39N7O4/c1-18(2)25-28(40)31-22(13-19-7-5-4-6-8-19)26(38)30-15-20-16-36(34-33-20)21-14-23(27(39)32-25)35(17-21)24(37)9-10-29(3)11-12-29/h4-8,16,18,21-23,25H,9-15,17H2,1-3H3,(H,30,38)(H,31,40)(H,32,39)/t21-,22+,23-,25-/m0/s1. The van der Waals surface area contributed by atoms with Gasteiger partial charge in [-0.15, -0.1) is 5.10 Å². The van der Waals surface area contributed by atoms with Crippen LogP contribution in [0.5, 0.6) is 0 Å². The number of amides is 4. The van der Waals surface area contributed by atoms with E-state index in [1.165, 1.54) is 0 Å². The van der Waals surface area contributed by atoms with Gasteiger partial charge in [0.05, 0.1) is 18.8 Å². The fourth-order valence-corrected chi connectivity index (χ4v) is 5.52. The summed E-state index contributed by atoms with van der Waals surface area (Å²) in [7, 11) is 0. The molecule has 11 heteroatoms. The number of nitrogens with one attached hydrogen (secondary N) is 3. The Bertz CT molecular complexity index is 1260. The van der Waals surface area contributed by atoms with Gasteiger partial charge in [0.15, 0.2) is 0 Å². The second-order valence-corrected chi connectivity index (χ2v) is 12.2. The molecule has 1 saturated heterocycles. The molecule has 11 nitrogen and oxygen atoms in total. The third kappa shape index (κ3) is 6.34. The number of likely N-dealkylation sites (tertiary alicyclic amines) is 1. The zero-order chi connectivity index (χ0) is 28.4. The molecule has 5 rings (SSSR count). The maximum absolute atomic E-state index is 13.7. The molecular formula is C29H39N7O4. The predicted molar refractivity (Wildman–Crippen MR) is 146 cm³/mol. The molecule has 0 spiro atoms. The second-order valence-electron chi connectivity index (χ2n) is 12.2. The Morgan fingerprint density at radius 1 is 1.07 bits per heavy atom. The van der Waals surface area contributed by atoms with Crippen molar-refractivity contribution >= 4 is 23.6 Å². The van der Waals surface area contributed by atoms with Crippen molar-refractivity contribution in [2.75, 3.05) is 6.54 Å². The molecule has 2 aromatic rings. The lowest BCUT2D eigenvalue weighted by Crippen LogP contribution is -2.58. The monoisotopic (exact) mass is 549 g/mol. The largest absolute Gasteiger partial charge is 0.349 e. The van der Waals surface area contributed by atoms with Gasteiger partial charge in [0.1, 0.15) is 23.8 Å². The van der Waals surface area contributed by atoms with Gasteiger partial charge in [-0.1, -0.05) is 56.3 Å². The Labute approximate surface area is 234 Å². The third-order valence-electron chi connectivity index (χ3n) is 8.49. The first-order valence-corrected chi connectivity index (χ1v) is 14.2. The lowest BCUT2D eigenvalue weighted by molar-refractivity contribution is -0.140. The van der Waals surface area contributed by atoms with Gasteiger partial charge in [-0.25, -0.2) is 4.68 Å². The number of rotatable bonds is 6. The van der Waals surface area contributed by atoms with Crippen molar-refractivity contribution in [3.05, 3.63) is 47.8 Å². The average molecular weight is 550 g/mol. The van der Waals surface area contributed by atoms with Gasteiger partial charge >= 0.3 is 0 Å². The quantitative estimate of drug-likeness (QED) is 0.499. The van der Waals surface area contributed by atoms with E-state index in [1.54, 1.807) is 15.8 Å². The summed E-state index contributed by atoms with van der Waals surface area (Å²) in [6, 6.07) is 6.75. The van der Waals surface area contributed by atoms with E-state index in [9.17, 15) is 19.2 Å². The van der Waals surface area contributed by atoms with Crippen LogP contribution in [0.1, 0.15) is 70.2 Å². The number of benzene rings is 1. The number of carbonyl (C=O) groups excluding carboxylic acids is 4. The van der Waals surface area contributed by atoms with Crippen LogP contribution in [-0.4, -0.2) is 68.2 Å². The van der Waals surface area contributed by atoms with E-state index >= 15 is 0 Å². The van der Waals surface area contributed by atoms with E-state index in [0.717, 1.165) is 24.8 Å². The van der Waals surface area contributed by atoms with Crippen LogP contribution in [0.2, 0.25) is 0 Å². The first-order chi connectivity index (χ1) is 19.1. The van der Waals surface area contributed by atoms with Crippen molar-refractivity contribution in [3.8, 4) is 0 Å². The van der Waals surface area contributed by atoms with E-state index < -0.39 is 24.0 Å². The normalized spacial score (nSPS) is 26.4. The molecule has 2 fully saturated rings. The van der Waals surface area contributed by atoms with Gasteiger partial charge in [0.25, 0.3) is 0 Å². The molecule has 4 amide bonds. The molecule has 0 radical (unpaired) electrons. The number of nitrogens with zero attached hydrogens (tertiary/aromatic N) is 4. The number of hydrogen-bond donors (Lipinski definition) is 3. The summed E-state index contributed by atoms with van der Waals surface area (Å²) in [5.74, 6) is -1.46. The highest BCUT2D eigenvalue weighted by Gasteiger charge is 2.44. The molecular weight excluding hydrogens is 510 g/mol. The summed E-state index contributed by atoms with van der Waals surface area (Å²) in [6.45, 7) is 6.35. The minimum atomic E-state index is -0.873. The second kappa shape index (κ2) is 11.4. The van der Waals surface area contributed by atoms with Crippen molar-refractivity contribution in [2.45, 2.75) is 90.0 Å². The molecule has 3 heterocycles. The molecule has 0 unspecified atom stereocenters. The van der Waals surface area contributed by atoms with Gasteiger partial charge in [-0.05, 0) is 36.2 Å². The topological polar surface area (TPSA) is 138 Å². The Kier molecular flexibility index (Phi) is 7.91. The summed E-state index contributed by atoms with van der Waals surface area (Å²) in [5, 5.41) is 17.1. The highest BCUT2D eigenvalue weighted by Crippen LogP contribution is 2.49. The fraction of sp³-hybridized carbons (Fsp3) is 0.586. The van der Waals surface area contributed by atoms with Crippen LogP contribution in [0.3, 0.4) is 0 Å². The molecule has 3 N–H and O–H groups in total. The van der Waals surface area contributed by atoms with E-state index in [1.807, 2.05) is 44.2 Å². The molecule has 2 aliphatic heterocycles. The molecule has 4 bridgehead atoms. The van der Waals surface area contributed by atoms with Gasteiger partial charge in [-0.3, -0.25) is 19.2 Å². The first-order valence-electron chi connectivity index (χ1n) is 14.2. The van der Waals surface area contributed by atoms with Crippen LogP contribution in [0.4, 0.5) is 0 Å². The summed E-state index contributed by atoms with van der Waals surface area (Å²) in [6.07, 6.45) is 5.84. The van der Waals surface area contributed by atoms with E-state index in [-0.39, 0.29) is 48.1 Å². The third-order valence-corrected chi connectivity index (χ3v) is 8.49. The zero-order valence-electron chi connectivity index (χ0n) is 23.4. The van der Waals surface area contributed by atoms with Crippen LogP contribution in [0.25, 0.3) is 0 Å². The van der Waals surface area contributed by atoms with E-state index in [2.05, 4.69) is 33.2 Å². The van der Waals surface area contributed by atoms with E-state index in [0.29, 0.717) is 25.1 Å². The Balaban J connectivity index is 1.41. The highest BCUT2D eigenvalue weighted by molar-refractivity contribution is 5.94. The zero-order valence-corrected chi connectivity index (χ0v) is 23.4. The SMILES string of the molecule is CC(C)[C@@H]1NC(=O)[C@@H]2C[C@@H](CN2C(=O)CCC2(C)CC2)n2cc(nn2)CNC(=O)[C@@H](Cc2ccccc2)NC1=O.